The number of hydrogen-bond donors (Lipinski definition) is 0. The lowest BCUT2D eigenvalue weighted by atomic mass is 9.69. The Kier molecular flexibility index (Phi) is 12.6. The van der Waals surface area contributed by atoms with E-state index >= 15 is 0 Å². The highest BCUT2D eigenvalue weighted by molar-refractivity contribution is 5.90. The van der Waals surface area contributed by atoms with Gasteiger partial charge < -0.3 is 23.7 Å². The standard InChI is InChI=1S/C31H38O10/c1-3-27(32)37-16-18-39-29(34)23-12-8-21(9-13-23)22-10-14-24(15-11-22)31(36)41-26-7-5-6-25(20-26)30(35)40-19-17-38-28(33)4-2/h3-7,20-24H,1-2,8-19H2. The predicted molar refractivity (Wildman–Crippen MR) is 147 cm³/mol. The summed E-state index contributed by atoms with van der Waals surface area (Å²) in [4.78, 5) is 59.5. The molecule has 0 atom stereocenters. The normalized spacial score (nSPS) is 22.0. The average Bonchev–Trinajstić information content (AvgIpc) is 3.01. The maximum Gasteiger partial charge on any atom is 0.338 e. The number of benzene rings is 1. The summed E-state index contributed by atoms with van der Waals surface area (Å²) in [7, 11) is 0. The molecule has 3 rings (SSSR count). The minimum Gasteiger partial charge on any atom is -0.462 e. The van der Waals surface area contributed by atoms with Gasteiger partial charge in [0.25, 0.3) is 0 Å². The highest BCUT2D eigenvalue weighted by Gasteiger charge is 2.35. The van der Waals surface area contributed by atoms with Gasteiger partial charge in [0.2, 0.25) is 0 Å². The second kappa shape index (κ2) is 16.3. The molecule has 10 heteroatoms. The smallest absolute Gasteiger partial charge is 0.338 e. The molecule has 0 N–H and O–H groups in total. The molecule has 2 fully saturated rings. The second-order valence-corrected chi connectivity index (χ2v) is 10.2. The lowest BCUT2D eigenvalue weighted by Gasteiger charge is -2.36. The van der Waals surface area contributed by atoms with Crippen molar-refractivity contribution in [2.45, 2.75) is 51.4 Å². The van der Waals surface area contributed by atoms with Crippen LogP contribution >= 0.6 is 0 Å². The van der Waals surface area contributed by atoms with Gasteiger partial charge in [-0.25, -0.2) is 14.4 Å². The highest BCUT2D eigenvalue weighted by atomic mass is 16.6. The molecule has 0 aliphatic heterocycles. The summed E-state index contributed by atoms with van der Waals surface area (Å²) in [5.74, 6) is -1.34. The third-order valence-corrected chi connectivity index (χ3v) is 7.63. The maximum absolute atomic E-state index is 12.8. The monoisotopic (exact) mass is 570 g/mol. The summed E-state index contributed by atoms with van der Waals surface area (Å²) < 4.78 is 25.5. The number of rotatable bonds is 13. The first-order chi connectivity index (χ1) is 19.8. The number of hydrogen-bond acceptors (Lipinski definition) is 10. The zero-order chi connectivity index (χ0) is 29.6. The first-order valence-corrected chi connectivity index (χ1v) is 14.0. The fourth-order valence-electron chi connectivity index (χ4n) is 5.42. The van der Waals surface area contributed by atoms with Crippen molar-refractivity contribution in [2.75, 3.05) is 26.4 Å². The molecule has 0 saturated heterocycles. The molecule has 0 aromatic heterocycles. The highest BCUT2D eigenvalue weighted by Crippen LogP contribution is 2.42. The van der Waals surface area contributed by atoms with Gasteiger partial charge in [-0.3, -0.25) is 9.59 Å². The van der Waals surface area contributed by atoms with Crippen molar-refractivity contribution < 1.29 is 47.7 Å². The van der Waals surface area contributed by atoms with Crippen molar-refractivity contribution in [3.8, 4) is 5.75 Å². The first-order valence-electron chi connectivity index (χ1n) is 14.0. The van der Waals surface area contributed by atoms with Crippen molar-refractivity contribution in [2.24, 2.45) is 23.7 Å². The molecule has 222 valence electrons. The lowest BCUT2D eigenvalue weighted by Crippen LogP contribution is -2.31. The summed E-state index contributed by atoms with van der Waals surface area (Å²) in [6.07, 6.45) is 8.86. The molecule has 0 radical (unpaired) electrons. The number of ether oxygens (including phenoxy) is 5. The minimum atomic E-state index is -0.616. The van der Waals surface area contributed by atoms with Gasteiger partial charge in [-0.1, -0.05) is 19.2 Å². The summed E-state index contributed by atoms with van der Waals surface area (Å²) in [6.45, 7) is 6.48. The molecule has 0 bridgehead atoms. The van der Waals surface area contributed by atoms with E-state index in [0.29, 0.717) is 11.8 Å². The minimum absolute atomic E-state index is 0.0200. The van der Waals surface area contributed by atoms with Crippen LogP contribution in [0.1, 0.15) is 61.7 Å². The van der Waals surface area contributed by atoms with Gasteiger partial charge in [-0.05, 0) is 81.4 Å². The predicted octanol–water partition coefficient (Wildman–Crippen LogP) is 4.36. The fraction of sp³-hybridized carbons (Fsp3) is 0.516. The van der Waals surface area contributed by atoms with E-state index in [1.807, 2.05) is 0 Å². The molecule has 0 heterocycles. The van der Waals surface area contributed by atoms with Gasteiger partial charge in [0.15, 0.2) is 0 Å². The van der Waals surface area contributed by atoms with Gasteiger partial charge in [-0.2, -0.15) is 0 Å². The van der Waals surface area contributed by atoms with E-state index in [-0.39, 0.29) is 61.5 Å². The molecule has 0 spiro atoms. The maximum atomic E-state index is 12.8. The topological polar surface area (TPSA) is 132 Å². The van der Waals surface area contributed by atoms with Crippen LogP contribution in [0.2, 0.25) is 0 Å². The molecule has 0 amide bonds. The van der Waals surface area contributed by atoms with Crippen LogP contribution in [0.15, 0.2) is 49.6 Å². The number of esters is 5. The van der Waals surface area contributed by atoms with E-state index in [4.69, 9.17) is 23.7 Å². The molecule has 1 aromatic rings. The summed E-state index contributed by atoms with van der Waals surface area (Å²) in [6, 6.07) is 6.23. The van der Waals surface area contributed by atoms with Gasteiger partial charge in [-0.15, -0.1) is 0 Å². The van der Waals surface area contributed by atoms with Gasteiger partial charge >= 0.3 is 29.8 Å². The number of carbonyl (C=O) groups excluding carboxylic acids is 5. The van der Waals surface area contributed by atoms with Crippen molar-refractivity contribution >= 4 is 29.8 Å². The lowest BCUT2D eigenvalue weighted by molar-refractivity contribution is -0.154. The Morgan fingerprint density at radius 2 is 1.15 bits per heavy atom. The molecular formula is C31H38O10. The molecular weight excluding hydrogens is 532 g/mol. The molecule has 41 heavy (non-hydrogen) atoms. The number of carbonyl (C=O) groups is 5. The zero-order valence-corrected chi connectivity index (χ0v) is 23.3. The van der Waals surface area contributed by atoms with Crippen LogP contribution in [-0.2, 0) is 38.1 Å². The quantitative estimate of drug-likeness (QED) is 0.111. The molecule has 0 unspecified atom stereocenters. The molecule has 2 aliphatic carbocycles. The Labute approximate surface area is 240 Å². The van der Waals surface area contributed by atoms with E-state index in [0.717, 1.165) is 63.5 Å². The molecule has 2 aliphatic rings. The summed E-state index contributed by atoms with van der Waals surface area (Å²) in [5, 5.41) is 0. The Morgan fingerprint density at radius 3 is 1.68 bits per heavy atom. The summed E-state index contributed by atoms with van der Waals surface area (Å²) in [5.41, 5.74) is 0.227. The van der Waals surface area contributed by atoms with Crippen LogP contribution in [-0.4, -0.2) is 56.3 Å². The third kappa shape index (κ3) is 10.2. The Balaban J connectivity index is 1.36. The van der Waals surface area contributed by atoms with Crippen molar-refractivity contribution in [3.63, 3.8) is 0 Å². The largest absolute Gasteiger partial charge is 0.462 e. The third-order valence-electron chi connectivity index (χ3n) is 7.63. The van der Waals surface area contributed by atoms with Crippen LogP contribution < -0.4 is 4.74 Å². The SMILES string of the molecule is C=CC(=O)OCCOC(=O)c1cccc(OC(=O)C2CCC(C3CCC(C(=O)OCCOC(=O)C=C)CC3)CC2)c1. The van der Waals surface area contributed by atoms with E-state index in [9.17, 15) is 24.0 Å². The van der Waals surface area contributed by atoms with Crippen molar-refractivity contribution in [1.82, 2.24) is 0 Å². The van der Waals surface area contributed by atoms with Crippen LogP contribution in [0.25, 0.3) is 0 Å². The van der Waals surface area contributed by atoms with Crippen molar-refractivity contribution in [1.29, 1.82) is 0 Å². The van der Waals surface area contributed by atoms with Gasteiger partial charge in [0, 0.05) is 12.2 Å². The molecule has 1 aromatic carbocycles. The van der Waals surface area contributed by atoms with E-state index < -0.39 is 17.9 Å². The van der Waals surface area contributed by atoms with E-state index in [2.05, 4.69) is 13.2 Å². The molecule has 2 saturated carbocycles. The van der Waals surface area contributed by atoms with Crippen LogP contribution in [0, 0.1) is 23.7 Å². The van der Waals surface area contributed by atoms with Crippen LogP contribution in [0.3, 0.4) is 0 Å². The first kappa shape index (κ1) is 31.6. The van der Waals surface area contributed by atoms with Gasteiger partial charge in [0.1, 0.15) is 32.2 Å². The Hall–Kier alpha value is -3.95. The average molecular weight is 571 g/mol. The Bertz CT molecular complexity index is 1090. The van der Waals surface area contributed by atoms with E-state index in [1.54, 1.807) is 18.2 Å². The zero-order valence-electron chi connectivity index (χ0n) is 23.3. The van der Waals surface area contributed by atoms with Crippen LogP contribution in [0.4, 0.5) is 0 Å². The Morgan fingerprint density at radius 1 is 0.659 bits per heavy atom. The second-order valence-electron chi connectivity index (χ2n) is 10.2. The van der Waals surface area contributed by atoms with Crippen LogP contribution in [0.5, 0.6) is 5.75 Å². The molecule has 10 nitrogen and oxygen atoms in total. The summed E-state index contributed by atoms with van der Waals surface area (Å²) >= 11 is 0. The van der Waals surface area contributed by atoms with E-state index in [1.165, 1.54) is 6.07 Å². The van der Waals surface area contributed by atoms with Crippen molar-refractivity contribution in [3.05, 3.63) is 55.1 Å². The van der Waals surface area contributed by atoms with Gasteiger partial charge in [0.05, 0.1) is 17.4 Å². The fourth-order valence-corrected chi connectivity index (χ4v) is 5.42.